The number of nitrogens with zero attached hydrogens (tertiary/aromatic N) is 1. The normalized spacial score (nSPS) is 10.1. The molecule has 0 amide bonds. The molecule has 0 heterocycles. The highest BCUT2D eigenvalue weighted by atomic mass is 35.5. The van der Waals surface area contributed by atoms with E-state index in [1.165, 1.54) is 0 Å². The van der Waals surface area contributed by atoms with Gasteiger partial charge in [0.25, 0.3) is 0 Å². The zero-order valence-electron chi connectivity index (χ0n) is 8.28. The maximum absolute atomic E-state index is 12.1. The Balaban J connectivity index is 3.42. The zero-order valence-corrected chi connectivity index (χ0v) is 9.04. The molecule has 0 spiro atoms. The smallest absolute Gasteiger partial charge is 0.387 e. The lowest BCUT2D eigenvalue weighted by Crippen LogP contribution is -2.10. The monoisotopic (exact) mass is 261 g/mol. The van der Waals surface area contributed by atoms with Crippen LogP contribution in [0.4, 0.5) is 8.78 Å². The Bertz CT molecular complexity index is 485. The van der Waals surface area contributed by atoms with Gasteiger partial charge in [-0.25, -0.2) is 4.79 Å². The van der Waals surface area contributed by atoms with Crippen molar-refractivity contribution in [3.8, 4) is 11.8 Å². The van der Waals surface area contributed by atoms with Gasteiger partial charge in [-0.2, -0.15) is 14.0 Å². The molecule has 4 nitrogen and oxygen atoms in total. The van der Waals surface area contributed by atoms with Gasteiger partial charge in [0.2, 0.25) is 0 Å². The molecule has 0 fully saturated rings. The zero-order chi connectivity index (χ0) is 13.0. The van der Waals surface area contributed by atoms with Crippen molar-refractivity contribution in [3.63, 3.8) is 0 Å². The average molecular weight is 262 g/mol. The molecule has 0 aliphatic heterocycles. The van der Waals surface area contributed by atoms with Crippen LogP contribution in [0.2, 0.25) is 0 Å². The predicted octanol–water partition coefficient (Wildman–Crippen LogP) is 2.60. The summed E-state index contributed by atoms with van der Waals surface area (Å²) in [6, 6.07) is 3.84. The second kappa shape index (κ2) is 5.46. The highest BCUT2D eigenvalue weighted by Gasteiger charge is 2.21. The van der Waals surface area contributed by atoms with Crippen molar-refractivity contribution in [2.24, 2.45) is 0 Å². The van der Waals surface area contributed by atoms with Crippen LogP contribution in [0, 0.1) is 11.3 Å². The van der Waals surface area contributed by atoms with Crippen molar-refractivity contribution in [2.45, 2.75) is 12.5 Å². The van der Waals surface area contributed by atoms with E-state index in [0.717, 1.165) is 12.1 Å². The summed E-state index contributed by atoms with van der Waals surface area (Å²) in [5.74, 6) is -2.11. The van der Waals surface area contributed by atoms with Crippen LogP contribution in [0.1, 0.15) is 21.5 Å². The Morgan fingerprint density at radius 2 is 2.24 bits per heavy atom. The lowest BCUT2D eigenvalue weighted by atomic mass is 10.0. The molecular weight excluding hydrogens is 256 g/mol. The molecule has 0 saturated carbocycles. The summed E-state index contributed by atoms with van der Waals surface area (Å²) in [6.07, 6.45) is 0. The Labute approximate surface area is 100.0 Å². The summed E-state index contributed by atoms with van der Waals surface area (Å²) in [6.45, 7) is -3.09. The van der Waals surface area contributed by atoms with Crippen LogP contribution in [0.5, 0.6) is 5.75 Å². The highest BCUT2D eigenvalue weighted by Crippen LogP contribution is 2.28. The topological polar surface area (TPSA) is 70.3 Å². The van der Waals surface area contributed by atoms with E-state index < -0.39 is 18.1 Å². The number of hydrogen-bond acceptors (Lipinski definition) is 3. The Kier molecular flexibility index (Phi) is 4.24. The van der Waals surface area contributed by atoms with Gasteiger partial charge in [0.15, 0.2) is 0 Å². The molecule has 1 aromatic carbocycles. The van der Waals surface area contributed by atoms with Gasteiger partial charge in [0.05, 0.1) is 17.0 Å². The number of nitriles is 1. The third kappa shape index (κ3) is 2.82. The Morgan fingerprint density at radius 3 is 2.65 bits per heavy atom. The lowest BCUT2D eigenvalue weighted by Gasteiger charge is -2.12. The number of rotatable bonds is 4. The van der Waals surface area contributed by atoms with Crippen LogP contribution in [0.3, 0.4) is 0 Å². The number of aromatic carboxylic acids is 1. The van der Waals surface area contributed by atoms with E-state index in [2.05, 4.69) is 4.74 Å². The standard InChI is InChI=1S/C10H6ClF2NO3/c11-3-6-7(17-10(12)13)2-1-5(4-14)8(6)9(15)16/h1-2,10H,3H2,(H,15,16). The van der Waals surface area contributed by atoms with Gasteiger partial charge in [-0.1, -0.05) is 0 Å². The second-order valence-corrected chi connectivity index (χ2v) is 3.16. The van der Waals surface area contributed by atoms with Crippen LogP contribution in [-0.4, -0.2) is 17.7 Å². The molecule has 0 aliphatic rings. The van der Waals surface area contributed by atoms with Crippen molar-refractivity contribution in [2.75, 3.05) is 0 Å². The van der Waals surface area contributed by atoms with Crippen LogP contribution < -0.4 is 4.74 Å². The quantitative estimate of drug-likeness (QED) is 0.846. The number of carboxylic acids is 1. The van der Waals surface area contributed by atoms with Crippen molar-refractivity contribution in [1.29, 1.82) is 5.26 Å². The summed E-state index contributed by atoms with van der Waals surface area (Å²) in [4.78, 5) is 10.9. The SMILES string of the molecule is N#Cc1ccc(OC(F)F)c(CCl)c1C(=O)O. The summed E-state index contributed by atoms with van der Waals surface area (Å²) in [5, 5.41) is 17.6. The van der Waals surface area contributed by atoms with E-state index in [9.17, 15) is 13.6 Å². The molecule has 90 valence electrons. The van der Waals surface area contributed by atoms with Crippen LogP contribution in [-0.2, 0) is 5.88 Å². The van der Waals surface area contributed by atoms with Crippen LogP contribution in [0.25, 0.3) is 0 Å². The van der Waals surface area contributed by atoms with Crippen LogP contribution >= 0.6 is 11.6 Å². The first-order valence-corrected chi connectivity index (χ1v) is 4.84. The summed E-state index contributed by atoms with van der Waals surface area (Å²) in [5.41, 5.74) is -0.714. The summed E-state index contributed by atoms with van der Waals surface area (Å²) < 4.78 is 28.3. The van der Waals surface area contributed by atoms with Gasteiger partial charge >= 0.3 is 12.6 Å². The van der Waals surface area contributed by atoms with Gasteiger partial charge in [-0.05, 0) is 12.1 Å². The molecule has 0 aromatic heterocycles. The summed E-state index contributed by atoms with van der Waals surface area (Å²) >= 11 is 5.50. The predicted molar refractivity (Wildman–Crippen MR) is 54.3 cm³/mol. The molecule has 0 aliphatic carbocycles. The van der Waals surface area contributed by atoms with Crippen molar-refractivity contribution < 1.29 is 23.4 Å². The molecular formula is C10H6ClF2NO3. The van der Waals surface area contributed by atoms with E-state index in [0.29, 0.717) is 0 Å². The molecule has 1 aromatic rings. The minimum atomic E-state index is -3.09. The Hall–Kier alpha value is -1.87. The molecule has 0 bridgehead atoms. The van der Waals surface area contributed by atoms with E-state index in [1.54, 1.807) is 6.07 Å². The van der Waals surface area contributed by atoms with E-state index in [-0.39, 0.29) is 22.8 Å². The van der Waals surface area contributed by atoms with Crippen LogP contribution in [0.15, 0.2) is 12.1 Å². The van der Waals surface area contributed by atoms with E-state index in [4.69, 9.17) is 22.0 Å². The molecule has 0 radical (unpaired) electrons. The van der Waals surface area contributed by atoms with Gasteiger partial charge in [0, 0.05) is 5.56 Å². The first-order valence-electron chi connectivity index (χ1n) is 4.31. The maximum Gasteiger partial charge on any atom is 0.387 e. The van der Waals surface area contributed by atoms with E-state index in [1.807, 2.05) is 0 Å². The molecule has 1 rings (SSSR count). The largest absolute Gasteiger partial charge is 0.478 e. The third-order valence-electron chi connectivity index (χ3n) is 1.95. The molecule has 0 saturated heterocycles. The Morgan fingerprint density at radius 1 is 1.59 bits per heavy atom. The maximum atomic E-state index is 12.1. The number of carboxylic acid groups (broad SMARTS) is 1. The average Bonchev–Trinajstić information content (AvgIpc) is 2.27. The number of benzene rings is 1. The lowest BCUT2D eigenvalue weighted by molar-refractivity contribution is -0.0504. The summed E-state index contributed by atoms with van der Waals surface area (Å²) in [7, 11) is 0. The van der Waals surface area contributed by atoms with Crippen molar-refractivity contribution >= 4 is 17.6 Å². The number of ether oxygens (including phenoxy) is 1. The molecule has 7 heteroatoms. The van der Waals surface area contributed by atoms with Gasteiger partial charge in [-0.3, -0.25) is 0 Å². The number of halogens is 3. The number of carbonyl (C=O) groups is 1. The van der Waals surface area contributed by atoms with Gasteiger partial charge in [0.1, 0.15) is 11.8 Å². The van der Waals surface area contributed by atoms with Crippen molar-refractivity contribution in [3.05, 3.63) is 28.8 Å². The van der Waals surface area contributed by atoms with E-state index >= 15 is 0 Å². The number of alkyl halides is 3. The fourth-order valence-corrected chi connectivity index (χ4v) is 1.57. The molecule has 0 unspecified atom stereocenters. The minimum absolute atomic E-state index is 0.140. The fraction of sp³-hybridized carbons (Fsp3) is 0.200. The second-order valence-electron chi connectivity index (χ2n) is 2.89. The minimum Gasteiger partial charge on any atom is -0.478 e. The van der Waals surface area contributed by atoms with Gasteiger partial charge in [-0.15, -0.1) is 11.6 Å². The molecule has 17 heavy (non-hydrogen) atoms. The van der Waals surface area contributed by atoms with Crippen molar-refractivity contribution in [1.82, 2.24) is 0 Å². The molecule has 0 atom stereocenters. The van der Waals surface area contributed by atoms with Gasteiger partial charge < -0.3 is 9.84 Å². The first kappa shape index (κ1) is 13.2. The molecule has 1 N–H and O–H groups in total. The third-order valence-corrected chi connectivity index (χ3v) is 2.22. The first-order chi connectivity index (χ1) is 8.01. The highest BCUT2D eigenvalue weighted by molar-refractivity contribution is 6.18. The number of hydrogen-bond donors (Lipinski definition) is 1. The fourth-order valence-electron chi connectivity index (χ4n) is 1.31.